The maximum absolute atomic E-state index is 5.37. The van der Waals surface area contributed by atoms with E-state index >= 15 is 0 Å². The molecular formula is C20H41O. The Morgan fingerprint density at radius 3 is 1.38 bits per heavy atom. The minimum atomic E-state index is 0.888. The van der Waals surface area contributed by atoms with Gasteiger partial charge in [-0.3, -0.25) is 0 Å². The van der Waals surface area contributed by atoms with E-state index in [1.165, 1.54) is 89.9 Å². The molecule has 0 bridgehead atoms. The lowest BCUT2D eigenvalue weighted by Crippen LogP contribution is -1.89. The highest BCUT2D eigenvalue weighted by atomic mass is 16.5. The van der Waals surface area contributed by atoms with Crippen LogP contribution in [-0.2, 0) is 4.74 Å². The molecule has 127 valence electrons. The Labute approximate surface area is 135 Å². The molecule has 1 radical (unpaired) electrons. The summed E-state index contributed by atoms with van der Waals surface area (Å²) in [6.07, 6.45) is 22.3. The molecule has 0 heterocycles. The summed E-state index contributed by atoms with van der Waals surface area (Å²) in [5.74, 6) is 0. The molecule has 0 amide bonds. The van der Waals surface area contributed by atoms with Gasteiger partial charge in [-0.25, -0.2) is 0 Å². The molecule has 1 heteroatoms. The number of hydrogen-bond donors (Lipinski definition) is 0. The highest BCUT2D eigenvalue weighted by Gasteiger charge is 1.94. The second kappa shape index (κ2) is 20.0. The Morgan fingerprint density at radius 1 is 0.524 bits per heavy atom. The van der Waals surface area contributed by atoms with Crippen LogP contribution < -0.4 is 0 Å². The smallest absolute Gasteiger partial charge is 0.0836 e. The Morgan fingerprint density at radius 2 is 0.952 bits per heavy atom. The Bertz CT molecular complexity index is 149. The van der Waals surface area contributed by atoms with Crippen LogP contribution in [0.4, 0.5) is 0 Å². The number of rotatable bonds is 18. The minimum absolute atomic E-state index is 0.888. The van der Waals surface area contributed by atoms with Crippen LogP contribution in [0.2, 0.25) is 0 Å². The Kier molecular flexibility index (Phi) is 19.9. The first-order valence-electron chi connectivity index (χ1n) is 9.85. The van der Waals surface area contributed by atoms with Crippen LogP contribution in [0.15, 0.2) is 0 Å². The number of hydrogen-bond acceptors (Lipinski definition) is 1. The van der Waals surface area contributed by atoms with Crippen molar-refractivity contribution in [1.29, 1.82) is 0 Å². The van der Waals surface area contributed by atoms with Crippen molar-refractivity contribution in [3.05, 3.63) is 6.61 Å². The summed E-state index contributed by atoms with van der Waals surface area (Å²) in [7, 11) is 0. The fourth-order valence-electron chi connectivity index (χ4n) is 2.71. The molecule has 0 aliphatic rings. The van der Waals surface area contributed by atoms with Crippen molar-refractivity contribution in [2.24, 2.45) is 0 Å². The lowest BCUT2D eigenvalue weighted by molar-refractivity contribution is 0.190. The third-order valence-electron chi connectivity index (χ3n) is 4.12. The Hall–Kier alpha value is -0.0400. The van der Waals surface area contributed by atoms with Crippen molar-refractivity contribution in [2.75, 3.05) is 6.61 Å². The van der Waals surface area contributed by atoms with E-state index in [0.717, 1.165) is 19.4 Å². The van der Waals surface area contributed by atoms with Gasteiger partial charge >= 0.3 is 0 Å². The van der Waals surface area contributed by atoms with Gasteiger partial charge in [-0.2, -0.15) is 0 Å². The molecule has 0 rings (SSSR count). The van der Waals surface area contributed by atoms with Crippen molar-refractivity contribution < 1.29 is 4.74 Å². The molecule has 21 heavy (non-hydrogen) atoms. The van der Waals surface area contributed by atoms with Crippen molar-refractivity contribution >= 4 is 0 Å². The molecule has 0 aliphatic heterocycles. The molecule has 0 aromatic carbocycles. The topological polar surface area (TPSA) is 9.23 Å². The third-order valence-corrected chi connectivity index (χ3v) is 4.12. The third kappa shape index (κ3) is 20.0. The first-order chi connectivity index (χ1) is 10.4. The molecule has 0 fully saturated rings. The van der Waals surface area contributed by atoms with Crippen LogP contribution in [0.25, 0.3) is 0 Å². The van der Waals surface area contributed by atoms with Gasteiger partial charge in [0.05, 0.1) is 6.61 Å². The van der Waals surface area contributed by atoms with Gasteiger partial charge in [-0.1, -0.05) is 104 Å². The normalized spacial score (nSPS) is 11.1. The summed E-state index contributed by atoms with van der Waals surface area (Å²) in [5.41, 5.74) is 0. The lowest BCUT2D eigenvalue weighted by atomic mass is 10.0. The Balaban J connectivity index is 2.90. The van der Waals surface area contributed by atoms with E-state index < -0.39 is 0 Å². The van der Waals surface area contributed by atoms with Gasteiger partial charge in [0.2, 0.25) is 0 Å². The molecule has 0 saturated carbocycles. The van der Waals surface area contributed by atoms with E-state index in [9.17, 15) is 0 Å². The summed E-state index contributed by atoms with van der Waals surface area (Å²) in [4.78, 5) is 0. The highest BCUT2D eigenvalue weighted by molar-refractivity contribution is 4.53. The highest BCUT2D eigenvalue weighted by Crippen LogP contribution is 2.13. The average molecular weight is 298 g/mol. The maximum Gasteiger partial charge on any atom is 0.0836 e. The van der Waals surface area contributed by atoms with Crippen LogP contribution in [0.1, 0.15) is 117 Å². The summed E-state index contributed by atoms with van der Waals surface area (Å²) in [5, 5.41) is 0. The van der Waals surface area contributed by atoms with Gasteiger partial charge in [-0.05, 0) is 12.8 Å². The van der Waals surface area contributed by atoms with E-state index in [0.29, 0.717) is 0 Å². The summed E-state index contributed by atoms with van der Waals surface area (Å²) in [6.45, 7) is 7.33. The second-order valence-corrected chi connectivity index (χ2v) is 6.42. The fraction of sp³-hybridized carbons (Fsp3) is 0.950. The predicted octanol–water partition coefficient (Wildman–Crippen LogP) is 7.45. The zero-order valence-electron chi connectivity index (χ0n) is 15.0. The van der Waals surface area contributed by atoms with Gasteiger partial charge in [-0.15, -0.1) is 0 Å². The number of ether oxygens (including phenoxy) is 1. The first-order valence-corrected chi connectivity index (χ1v) is 9.85. The largest absolute Gasteiger partial charge is 0.376 e. The zero-order valence-corrected chi connectivity index (χ0v) is 15.0. The van der Waals surface area contributed by atoms with Crippen LogP contribution in [0.3, 0.4) is 0 Å². The molecule has 1 nitrogen and oxygen atoms in total. The van der Waals surface area contributed by atoms with Gasteiger partial charge in [0.15, 0.2) is 0 Å². The SMILES string of the molecule is CCCCCCCCCCCCCCCC[CH]OCCC. The molecule has 0 spiro atoms. The molecular weight excluding hydrogens is 256 g/mol. The summed E-state index contributed by atoms with van der Waals surface area (Å²) in [6, 6.07) is 0. The summed E-state index contributed by atoms with van der Waals surface area (Å²) >= 11 is 0. The predicted molar refractivity (Wildman–Crippen MR) is 95.5 cm³/mol. The van der Waals surface area contributed by atoms with E-state index in [-0.39, 0.29) is 0 Å². The van der Waals surface area contributed by atoms with Crippen molar-refractivity contribution in [1.82, 2.24) is 0 Å². The van der Waals surface area contributed by atoms with Gasteiger partial charge in [0, 0.05) is 6.61 Å². The van der Waals surface area contributed by atoms with Crippen LogP contribution >= 0.6 is 0 Å². The quantitative estimate of drug-likeness (QED) is 0.239. The van der Waals surface area contributed by atoms with E-state index in [2.05, 4.69) is 13.8 Å². The van der Waals surface area contributed by atoms with Crippen LogP contribution in [0, 0.1) is 6.61 Å². The maximum atomic E-state index is 5.37. The lowest BCUT2D eigenvalue weighted by Gasteiger charge is -2.03. The molecule has 0 aliphatic carbocycles. The van der Waals surface area contributed by atoms with Crippen LogP contribution in [-0.4, -0.2) is 6.61 Å². The van der Waals surface area contributed by atoms with Crippen molar-refractivity contribution in [2.45, 2.75) is 117 Å². The fourth-order valence-corrected chi connectivity index (χ4v) is 2.71. The first kappa shape index (κ1) is 21.0. The zero-order chi connectivity index (χ0) is 15.4. The van der Waals surface area contributed by atoms with E-state index in [1.807, 2.05) is 6.61 Å². The van der Waals surface area contributed by atoms with Crippen molar-refractivity contribution in [3.8, 4) is 0 Å². The standard InChI is InChI=1S/C20H41O/c1-3-5-6-7-8-9-10-11-12-13-14-15-16-17-18-20-21-19-4-2/h20H,3-19H2,1-2H3. The van der Waals surface area contributed by atoms with Gasteiger partial charge in [0.1, 0.15) is 0 Å². The second-order valence-electron chi connectivity index (χ2n) is 6.42. The van der Waals surface area contributed by atoms with Gasteiger partial charge < -0.3 is 4.74 Å². The summed E-state index contributed by atoms with van der Waals surface area (Å²) < 4.78 is 5.37. The van der Waals surface area contributed by atoms with E-state index in [4.69, 9.17) is 4.74 Å². The molecule has 0 N–H and O–H groups in total. The molecule has 0 aromatic rings. The molecule has 0 atom stereocenters. The average Bonchev–Trinajstić information content (AvgIpc) is 2.50. The minimum Gasteiger partial charge on any atom is -0.376 e. The van der Waals surface area contributed by atoms with Gasteiger partial charge in [0.25, 0.3) is 0 Å². The molecule has 0 saturated heterocycles. The monoisotopic (exact) mass is 297 g/mol. The molecule has 0 aromatic heterocycles. The number of unbranched alkanes of at least 4 members (excludes halogenated alkanes) is 14. The van der Waals surface area contributed by atoms with Crippen molar-refractivity contribution in [3.63, 3.8) is 0 Å². The van der Waals surface area contributed by atoms with Crippen LogP contribution in [0.5, 0.6) is 0 Å². The van der Waals surface area contributed by atoms with E-state index in [1.54, 1.807) is 0 Å². The molecule has 0 unspecified atom stereocenters.